The van der Waals surface area contributed by atoms with E-state index in [-0.39, 0.29) is 35.4 Å². The molecule has 2 fully saturated rings. The van der Waals surface area contributed by atoms with Crippen LogP contribution in [0.3, 0.4) is 0 Å². The number of hydrogen-bond donors (Lipinski definition) is 1. The molecule has 0 saturated carbocycles. The summed E-state index contributed by atoms with van der Waals surface area (Å²) in [6.45, 7) is 0.0811. The molecule has 0 amide bonds. The summed E-state index contributed by atoms with van der Waals surface area (Å²) in [5, 5.41) is 12.5. The molecule has 2 bridgehead atoms. The number of carbonyl (C=O) groups excluding carboxylic acids is 1. The van der Waals surface area contributed by atoms with Crippen molar-refractivity contribution in [3.05, 3.63) is 41.1 Å². The zero-order valence-electron chi connectivity index (χ0n) is 13.4. The van der Waals surface area contributed by atoms with Gasteiger partial charge in [-0.3, -0.25) is 4.79 Å². The minimum Gasteiger partial charge on any atom is -0.633 e. The van der Waals surface area contributed by atoms with Crippen molar-refractivity contribution in [3.63, 3.8) is 0 Å². The van der Waals surface area contributed by atoms with E-state index in [0.29, 0.717) is 12.8 Å². The van der Waals surface area contributed by atoms with Crippen molar-refractivity contribution in [1.82, 2.24) is 0 Å². The summed E-state index contributed by atoms with van der Waals surface area (Å²) in [7, 11) is 1.75. The number of hydrogen-bond acceptors (Lipinski definition) is 5. The van der Waals surface area contributed by atoms with Gasteiger partial charge >= 0.3 is 5.97 Å². The monoisotopic (exact) mass is 320 g/mol. The van der Waals surface area contributed by atoms with Crippen LogP contribution in [-0.4, -0.2) is 42.5 Å². The van der Waals surface area contributed by atoms with Crippen LogP contribution in [0.5, 0.6) is 0 Å². The van der Waals surface area contributed by atoms with Gasteiger partial charge in [-0.2, -0.15) is 0 Å². The van der Waals surface area contributed by atoms with Gasteiger partial charge < -0.3 is 19.4 Å². The second-order valence-corrected chi connectivity index (χ2v) is 6.77. The van der Waals surface area contributed by atoms with Crippen LogP contribution in [0.25, 0.3) is 0 Å². The number of quaternary nitrogens is 1. The predicted molar refractivity (Wildman–Crippen MR) is 84.8 cm³/mol. The van der Waals surface area contributed by atoms with Crippen LogP contribution in [0.1, 0.15) is 37.2 Å². The van der Waals surface area contributed by atoms with Gasteiger partial charge in [0.1, 0.15) is 12.0 Å². The van der Waals surface area contributed by atoms with Gasteiger partial charge in [0.25, 0.3) is 0 Å². The van der Waals surface area contributed by atoms with E-state index in [1.165, 1.54) is 0 Å². The summed E-state index contributed by atoms with van der Waals surface area (Å²) in [6, 6.07) is 9.45. The van der Waals surface area contributed by atoms with Crippen LogP contribution in [0, 0.1) is 5.21 Å². The van der Waals surface area contributed by atoms with E-state index in [4.69, 9.17) is 15.5 Å². The molecule has 1 aromatic carbocycles. The fourth-order valence-electron chi connectivity index (χ4n) is 3.98. The summed E-state index contributed by atoms with van der Waals surface area (Å²) in [5.74, 6) is 4.32. The normalized spacial score (nSPS) is 34.1. The fourth-order valence-corrected chi connectivity index (χ4v) is 3.98. The molecule has 2 heterocycles. The van der Waals surface area contributed by atoms with Gasteiger partial charge in [-0.1, -0.05) is 30.3 Å². The molecule has 3 atom stereocenters. The van der Waals surface area contributed by atoms with E-state index in [1.807, 2.05) is 30.3 Å². The number of fused-ring (bicyclic) bond motifs is 2. The number of carbonyl (C=O) groups is 1. The lowest BCUT2D eigenvalue weighted by molar-refractivity contribution is -0.903. The van der Waals surface area contributed by atoms with Crippen LogP contribution in [-0.2, 0) is 14.4 Å². The van der Waals surface area contributed by atoms with Crippen LogP contribution >= 0.6 is 0 Å². The standard InChI is InChI=1S/C17H24N2O4/c1-19(21)13-7-8-14(19)10-15(9-13)23-17(20)16(11-22-18)12-5-3-2-4-6-12/h2-6,13-16H,7-11,18H2,1H3. The molecule has 2 aliphatic heterocycles. The minimum absolute atomic E-state index is 0.0486. The first-order valence-electron chi connectivity index (χ1n) is 8.16. The number of esters is 1. The Labute approximate surface area is 136 Å². The Morgan fingerprint density at radius 2 is 1.91 bits per heavy atom. The Morgan fingerprint density at radius 1 is 1.30 bits per heavy atom. The SMILES string of the molecule is C[N+]1([O-])C2CCC1CC(OC(=O)C(CON)c1ccccc1)C2. The lowest BCUT2D eigenvalue weighted by Gasteiger charge is -2.50. The highest BCUT2D eigenvalue weighted by Crippen LogP contribution is 2.41. The van der Waals surface area contributed by atoms with E-state index in [0.717, 1.165) is 18.4 Å². The smallest absolute Gasteiger partial charge is 0.316 e. The Kier molecular flexibility index (Phi) is 4.68. The molecular formula is C17H24N2O4. The van der Waals surface area contributed by atoms with Crippen molar-refractivity contribution in [2.75, 3.05) is 13.7 Å². The maximum Gasteiger partial charge on any atom is 0.316 e. The first-order chi connectivity index (χ1) is 11.0. The molecule has 3 rings (SSSR count). The number of nitrogens with zero attached hydrogens (tertiary/aromatic N) is 1. The third-order valence-electron chi connectivity index (χ3n) is 5.39. The van der Waals surface area contributed by atoms with Crippen molar-refractivity contribution in [2.45, 2.75) is 49.8 Å². The maximum atomic E-state index is 12.6. The van der Waals surface area contributed by atoms with E-state index >= 15 is 0 Å². The third-order valence-corrected chi connectivity index (χ3v) is 5.39. The number of benzene rings is 1. The van der Waals surface area contributed by atoms with Crippen LogP contribution < -0.4 is 5.90 Å². The van der Waals surface area contributed by atoms with E-state index in [9.17, 15) is 10.0 Å². The molecule has 126 valence electrons. The van der Waals surface area contributed by atoms with Crippen molar-refractivity contribution >= 4 is 5.97 Å². The summed E-state index contributed by atoms with van der Waals surface area (Å²) in [6.07, 6.45) is 2.96. The number of nitrogens with two attached hydrogens (primary N) is 1. The van der Waals surface area contributed by atoms with Crippen molar-refractivity contribution in [3.8, 4) is 0 Å². The molecule has 0 aliphatic carbocycles. The molecule has 23 heavy (non-hydrogen) atoms. The first-order valence-corrected chi connectivity index (χ1v) is 8.16. The fraction of sp³-hybridized carbons (Fsp3) is 0.588. The zero-order chi connectivity index (χ0) is 16.4. The van der Waals surface area contributed by atoms with Crippen LogP contribution in [0.2, 0.25) is 0 Å². The Balaban J connectivity index is 1.66. The number of hydroxylamine groups is 3. The summed E-state index contributed by atoms with van der Waals surface area (Å²) in [4.78, 5) is 17.3. The Bertz CT molecular complexity index is 533. The minimum atomic E-state index is -0.533. The highest BCUT2D eigenvalue weighted by molar-refractivity contribution is 5.78. The number of piperidine rings is 1. The molecule has 0 spiro atoms. The van der Waals surface area contributed by atoms with E-state index in [2.05, 4.69) is 0 Å². The molecule has 2 N–H and O–H groups in total. The highest BCUT2D eigenvalue weighted by atomic mass is 16.6. The predicted octanol–water partition coefficient (Wildman–Crippen LogP) is 1.84. The second-order valence-electron chi connectivity index (χ2n) is 6.77. The molecule has 1 aromatic rings. The largest absolute Gasteiger partial charge is 0.633 e. The van der Waals surface area contributed by atoms with Gasteiger partial charge in [-0.05, 0) is 5.56 Å². The zero-order valence-corrected chi connectivity index (χ0v) is 13.4. The topological polar surface area (TPSA) is 84.6 Å². The van der Waals surface area contributed by atoms with E-state index in [1.54, 1.807) is 7.05 Å². The number of ether oxygens (including phenoxy) is 1. The number of rotatable bonds is 5. The average Bonchev–Trinajstić information content (AvgIpc) is 2.71. The molecular weight excluding hydrogens is 296 g/mol. The molecule has 3 unspecified atom stereocenters. The van der Waals surface area contributed by atoms with E-state index < -0.39 is 5.92 Å². The lowest BCUT2D eigenvalue weighted by Crippen LogP contribution is -2.55. The second kappa shape index (κ2) is 6.57. The summed E-state index contributed by atoms with van der Waals surface area (Å²) >= 11 is 0. The molecule has 0 radical (unpaired) electrons. The molecule has 6 nitrogen and oxygen atoms in total. The first kappa shape index (κ1) is 16.4. The quantitative estimate of drug-likeness (QED) is 0.387. The maximum absolute atomic E-state index is 12.6. The Morgan fingerprint density at radius 3 is 2.48 bits per heavy atom. The molecule has 0 aromatic heterocycles. The van der Waals surface area contributed by atoms with Gasteiger partial charge in [0.05, 0.1) is 25.7 Å². The molecule has 6 heteroatoms. The third kappa shape index (κ3) is 3.26. The van der Waals surface area contributed by atoms with Crippen LogP contribution in [0.15, 0.2) is 30.3 Å². The van der Waals surface area contributed by atoms with Gasteiger partial charge in [0.15, 0.2) is 0 Å². The molecule has 2 aliphatic rings. The van der Waals surface area contributed by atoms with Crippen molar-refractivity contribution < 1.29 is 19.0 Å². The Hall–Kier alpha value is -1.47. The van der Waals surface area contributed by atoms with Gasteiger partial charge in [0.2, 0.25) is 0 Å². The van der Waals surface area contributed by atoms with Gasteiger partial charge in [0, 0.05) is 25.7 Å². The summed E-state index contributed by atoms with van der Waals surface area (Å²) < 4.78 is 5.53. The van der Waals surface area contributed by atoms with Crippen molar-refractivity contribution in [1.29, 1.82) is 0 Å². The molecule has 2 saturated heterocycles. The van der Waals surface area contributed by atoms with Gasteiger partial charge in [-0.15, -0.1) is 0 Å². The lowest BCUT2D eigenvalue weighted by atomic mass is 9.98. The van der Waals surface area contributed by atoms with Crippen LogP contribution in [0.4, 0.5) is 0 Å². The van der Waals surface area contributed by atoms with Crippen molar-refractivity contribution in [2.24, 2.45) is 5.90 Å². The average molecular weight is 320 g/mol. The summed E-state index contributed by atoms with van der Waals surface area (Å²) in [5.41, 5.74) is 0.825. The van der Waals surface area contributed by atoms with Gasteiger partial charge in [-0.25, -0.2) is 5.90 Å². The highest BCUT2D eigenvalue weighted by Gasteiger charge is 2.48.